The fourth-order valence-corrected chi connectivity index (χ4v) is 14.4. The Bertz CT molecular complexity index is 3930. The van der Waals surface area contributed by atoms with Crippen molar-refractivity contribution in [2.75, 3.05) is 4.90 Å². The Balaban J connectivity index is 1.03. The Labute approximate surface area is 428 Å². The summed E-state index contributed by atoms with van der Waals surface area (Å²) in [5.41, 5.74) is 13.2. The van der Waals surface area contributed by atoms with E-state index in [9.17, 15) is 19.8 Å². The summed E-state index contributed by atoms with van der Waals surface area (Å²) in [6, 6.07) is 41.2. The van der Waals surface area contributed by atoms with Gasteiger partial charge >= 0.3 is 11.9 Å². The predicted octanol–water partition coefficient (Wildman–Crippen LogP) is 16.6. The van der Waals surface area contributed by atoms with Crippen molar-refractivity contribution < 1.29 is 24.4 Å². The number of hydrogen-bond acceptors (Lipinski definition) is 5. The van der Waals surface area contributed by atoms with E-state index in [1.54, 1.807) is 36.9 Å². The molecule has 358 valence electrons. The van der Waals surface area contributed by atoms with Crippen molar-refractivity contribution in [2.45, 2.75) is 85.2 Å². The SMILES string of the molecule is Cc1ccc2ccccc2c1-c1c(C)c2c(c3ccccc13)SC(=CC=C1C=C(C=Cc3sc4c5ccccc5c(-c5c(C)ccc6ccccc56)c(C)c4[n+]3C(C)C(=O)O)CC(C)(C)C1)N2C(C)C(=O)O. The summed E-state index contributed by atoms with van der Waals surface area (Å²) in [4.78, 5) is 29.2. The summed E-state index contributed by atoms with van der Waals surface area (Å²) in [5.74, 6) is -1.77. The van der Waals surface area contributed by atoms with E-state index in [-0.39, 0.29) is 5.41 Å². The van der Waals surface area contributed by atoms with Crippen molar-refractivity contribution in [3.05, 3.63) is 189 Å². The average molecular weight is 982 g/mol. The zero-order chi connectivity index (χ0) is 50.3. The number of carboxylic acids is 2. The van der Waals surface area contributed by atoms with Crippen molar-refractivity contribution in [3.63, 3.8) is 0 Å². The summed E-state index contributed by atoms with van der Waals surface area (Å²) in [6.45, 7) is 16.8. The first kappa shape index (κ1) is 47.1. The number of thiazole rings is 1. The maximum atomic E-state index is 13.1. The fraction of sp³-hybridized carbons (Fsp3) is 0.203. The lowest BCUT2D eigenvalue weighted by Crippen LogP contribution is -2.43. The maximum Gasteiger partial charge on any atom is 0.373 e. The Kier molecular flexibility index (Phi) is 11.8. The number of carbonyl (C=O) groups is 2. The molecular weight excluding hydrogens is 925 g/mol. The highest BCUT2D eigenvalue weighted by Crippen LogP contribution is 2.56. The first-order valence-corrected chi connectivity index (χ1v) is 26.4. The summed E-state index contributed by atoms with van der Waals surface area (Å²) < 4.78 is 3.10. The van der Waals surface area contributed by atoms with Crippen molar-refractivity contribution in [2.24, 2.45) is 5.41 Å². The number of fused-ring (bicyclic) bond motifs is 8. The number of hydrogen-bond donors (Lipinski definition) is 2. The number of carboxylic acid groups (broad SMARTS) is 2. The number of aromatic nitrogens is 1. The number of rotatable bonds is 9. The molecule has 0 saturated carbocycles. The number of thioether (sulfide) groups is 1. The number of benzene rings is 8. The van der Waals surface area contributed by atoms with E-state index in [4.69, 9.17) is 0 Å². The van der Waals surface area contributed by atoms with E-state index < -0.39 is 24.0 Å². The van der Waals surface area contributed by atoms with Gasteiger partial charge in [0.2, 0.25) is 5.52 Å². The van der Waals surface area contributed by atoms with Gasteiger partial charge in [0.15, 0.2) is 0 Å². The number of aryl methyl sites for hydroxylation is 3. The third-order valence-electron chi connectivity index (χ3n) is 15.0. The van der Waals surface area contributed by atoms with Gasteiger partial charge in [0.1, 0.15) is 10.7 Å². The van der Waals surface area contributed by atoms with Crippen LogP contribution in [0.15, 0.2) is 167 Å². The molecule has 2 heterocycles. The molecule has 2 unspecified atom stereocenters. The minimum atomic E-state index is -0.887. The Morgan fingerprint density at radius 2 is 1.17 bits per heavy atom. The zero-order valence-electron chi connectivity index (χ0n) is 41.9. The summed E-state index contributed by atoms with van der Waals surface area (Å²) in [6.07, 6.45) is 12.5. The molecule has 6 nitrogen and oxygen atoms in total. The molecule has 2 N–H and O–H groups in total. The minimum absolute atomic E-state index is 0.0703. The molecule has 8 aromatic carbocycles. The smallest absolute Gasteiger partial charge is 0.373 e. The second kappa shape index (κ2) is 18.1. The average Bonchev–Trinajstić information content (AvgIpc) is 3.95. The molecule has 9 aromatic rings. The lowest BCUT2D eigenvalue weighted by molar-refractivity contribution is -0.680. The lowest BCUT2D eigenvalue weighted by Gasteiger charge is -2.30. The van der Waals surface area contributed by atoms with E-state index >= 15 is 0 Å². The van der Waals surface area contributed by atoms with Crippen LogP contribution in [-0.4, -0.2) is 28.2 Å². The maximum absolute atomic E-state index is 13.1. The largest absolute Gasteiger partial charge is 0.480 e. The van der Waals surface area contributed by atoms with Crippen LogP contribution in [0, 0.1) is 33.1 Å². The van der Waals surface area contributed by atoms with Crippen LogP contribution in [-0.2, 0) is 9.59 Å². The van der Waals surface area contributed by atoms with Gasteiger partial charge in [-0.15, -0.1) is 0 Å². The Hall–Kier alpha value is -7.26. The number of anilines is 1. The second-order valence-electron chi connectivity index (χ2n) is 20.5. The van der Waals surface area contributed by atoms with Crippen LogP contribution in [0.3, 0.4) is 0 Å². The summed E-state index contributed by atoms with van der Waals surface area (Å²) in [5, 5.41) is 32.3. The minimum Gasteiger partial charge on any atom is -0.480 e. The zero-order valence-corrected chi connectivity index (χ0v) is 43.6. The number of allylic oxidation sites excluding steroid dienone is 6. The van der Waals surface area contributed by atoms with Crippen LogP contribution in [0.1, 0.15) is 73.8 Å². The molecule has 1 aliphatic heterocycles. The molecule has 72 heavy (non-hydrogen) atoms. The first-order valence-electron chi connectivity index (χ1n) is 24.8. The molecular formula is C64H57N2O4S2+. The topological polar surface area (TPSA) is 81.7 Å². The fourth-order valence-electron chi connectivity index (χ4n) is 11.7. The molecule has 1 aromatic heterocycles. The molecule has 11 rings (SSSR count). The Morgan fingerprint density at radius 3 is 1.76 bits per heavy atom. The van der Waals surface area contributed by atoms with Gasteiger partial charge in [0.05, 0.1) is 10.7 Å². The van der Waals surface area contributed by atoms with Crippen LogP contribution < -0.4 is 9.47 Å². The molecule has 0 fully saturated rings. The van der Waals surface area contributed by atoms with Gasteiger partial charge in [0, 0.05) is 28.8 Å². The highest BCUT2D eigenvalue weighted by molar-refractivity contribution is 8.04. The molecule has 0 spiro atoms. The standard InChI is InChI=1S/C64H56N2O4S2/c1-36-25-29-44-17-9-11-19-46(44)54(36)56-38(3)58-60(50-23-15-13-21-48(50)56)71-52(65(58)40(5)62(67)68)31-27-42-33-43(35-64(7,8)34-42)28-32-53-66(41(6)63(69)70)59-39(4)57(49-22-14-16-24-51(49)61(59)72-53)55-37(2)26-30-45-18-10-12-20-47(45)55/h9-33,40-41H,34-35H2,1-8H3,(H-,67,68,69,70)/p+1. The molecule has 0 radical (unpaired) electrons. The normalized spacial score (nSPS) is 16.7. The molecule has 0 saturated heterocycles. The highest BCUT2D eigenvalue weighted by Gasteiger charge is 2.38. The molecule has 0 bridgehead atoms. The Morgan fingerprint density at radius 1 is 0.625 bits per heavy atom. The summed E-state index contributed by atoms with van der Waals surface area (Å²) in [7, 11) is 0. The van der Waals surface area contributed by atoms with E-state index in [1.165, 1.54) is 43.8 Å². The second-order valence-corrected chi connectivity index (χ2v) is 22.6. The van der Waals surface area contributed by atoms with E-state index in [2.05, 4.69) is 193 Å². The molecule has 8 heteroatoms. The van der Waals surface area contributed by atoms with Crippen molar-refractivity contribution in [1.82, 2.24) is 0 Å². The van der Waals surface area contributed by atoms with Gasteiger partial charge < -0.3 is 15.1 Å². The highest BCUT2D eigenvalue weighted by atomic mass is 32.2. The van der Waals surface area contributed by atoms with Crippen LogP contribution in [0.25, 0.3) is 81.6 Å². The quantitative estimate of drug-likeness (QED) is 0.140. The van der Waals surface area contributed by atoms with E-state index in [0.717, 1.165) is 98.6 Å². The van der Waals surface area contributed by atoms with Crippen molar-refractivity contribution in [3.8, 4) is 22.3 Å². The van der Waals surface area contributed by atoms with Crippen LogP contribution in [0.2, 0.25) is 0 Å². The van der Waals surface area contributed by atoms with Gasteiger partial charge in [0.25, 0.3) is 11.0 Å². The molecule has 2 aliphatic rings. The molecule has 2 atom stereocenters. The summed E-state index contributed by atoms with van der Waals surface area (Å²) >= 11 is 3.30. The molecule has 1 aliphatic carbocycles. The number of nitrogens with zero attached hydrogens (tertiary/aromatic N) is 2. The van der Waals surface area contributed by atoms with Crippen LogP contribution >= 0.6 is 23.1 Å². The van der Waals surface area contributed by atoms with Gasteiger partial charge in [-0.05, 0) is 147 Å². The van der Waals surface area contributed by atoms with Crippen molar-refractivity contribution >= 4 is 100 Å². The van der Waals surface area contributed by atoms with Gasteiger partial charge in [-0.2, -0.15) is 4.57 Å². The molecule has 0 amide bonds. The number of aliphatic carboxylic acids is 2. The predicted molar refractivity (Wildman–Crippen MR) is 302 cm³/mol. The van der Waals surface area contributed by atoms with Gasteiger partial charge in [-0.25, -0.2) is 9.59 Å². The van der Waals surface area contributed by atoms with E-state index in [1.807, 2.05) is 9.47 Å². The van der Waals surface area contributed by atoms with Crippen LogP contribution in [0.4, 0.5) is 5.69 Å². The lowest BCUT2D eigenvalue weighted by atomic mass is 9.75. The third-order valence-corrected chi connectivity index (χ3v) is 17.3. The van der Waals surface area contributed by atoms with Crippen molar-refractivity contribution in [1.29, 1.82) is 0 Å². The first-order chi connectivity index (χ1) is 34.6. The monoisotopic (exact) mass is 981 g/mol. The van der Waals surface area contributed by atoms with Gasteiger partial charge in [-0.3, -0.25) is 0 Å². The van der Waals surface area contributed by atoms with E-state index in [0.29, 0.717) is 0 Å². The van der Waals surface area contributed by atoms with Gasteiger partial charge in [-0.1, -0.05) is 177 Å². The third kappa shape index (κ3) is 7.83. The van der Waals surface area contributed by atoms with Crippen LogP contribution in [0.5, 0.6) is 0 Å².